The van der Waals surface area contributed by atoms with E-state index in [0.717, 1.165) is 29.0 Å². The fourth-order valence-electron chi connectivity index (χ4n) is 3.06. The Balaban J connectivity index is 1.56. The molecule has 21 heavy (non-hydrogen) atoms. The minimum absolute atomic E-state index is 0.145. The molecule has 2 aromatic carbocycles. The molecule has 110 valence electrons. The van der Waals surface area contributed by atoms with E-state index in [1.165, 1.54) is 6.07 Å². The molecule has 0 saturated heterocycles. The Hall–Kier alpha value is -1.38. The van der Waals surface area contributed by atoms with Crippen LogP contribution in [0.1, 0.15) is 42.9 Å². The summed E-state index contributed by atoms with van der Waals surface area (Å²) in [6.07, 6.45) is 2.11. The molecule has 1 saturated carbocycles. The van der Waals surface area contributed by atoms with Gasteiger partial charge in [-0.3, -0.25) is 0 Å². The third-order valence-electron chi connectivity index (χ3n) is 4.32. The summed E-state index contributed by atoms with van der Waals surface area (Å²) in [5.41, 5.74) is 2.24. The lowest BCUT2D eigenvalue weighted by Crippen LogP contribution is -2.41. The molecule has 1 fully saturated rings. The van der Waals surface area contributed by atoms with Crippen molar-refractivity contribution in [3.05, 3.63) is 70.5 Å². The first kappa shape index (κ1) is 14.6. The fourth-order valence-corrected chi connectivity index (χ4v) is 3.36. The van der Waals surface area contributed by atoms with Gasteiger partial charge in [0.05, 0.1) is 0 Å². The highest BCUT2D eigenvalue weighted by Gasteiger charge is 2.31. The van der Waals surface area contributed by atoms with Crippen LogP contribution in [0.2, 0.25) is 5.02 Å². The zero-order valence-electron chi connectivity index (χ0n) is 12.0. The van der Waals surface area contributed by atoms with Crippen LogP contribution in [0.4, 0.5) is 4.39 Å². The lowest BCUT2D eigenvalue weighted by Gasteiger charge is -2.38. The van der Waals surface area contributed by atoms with Crippen LogP contribution >= 0.6 is 11.6 Å². The summed E-state index contributed by atoms with van der Waals surface area (Å²) in [6, 6.07) is 15.6. The first-order chi connectivity index (χ1) is 10.1. The van der Waals surface area contributed by atoms with Crippen LogP contribution in [0, 0.1) is 5.82 Å². The highest BCUT2D eigenvalue weighted by atomic mass is 35.5. The van der Waals surface area contributed by atoms with Gasteiger partial charge in [-0.25, -0.2) is 4.39 Å². The van der Waals surface area contributed by atoms with E-state index in [0.29, 0.717) is 12.0 Å². The van der Waals surface area contributed by atoms with Crippen molar-refractivity contribution in [1.29, 1.82) is 0 Å². The predicted molar refractivity (Wildman–Crippen MR) is 85.2 cm³/mol. The molecule has 2 aromatic rings. The van der Waals surface area contributed by atoms with E-state index in [1.54, 1.807) is 12.1 Å². The first-order valence-electron chi connectivity index (χ1n) is 7.39. The Morgan fingerprint density at radius 3 is 2.62 bits per heavy atom. The van der Waals surface area contributed by atoms with Crippen LogP contribution in [0.15, 0.2) is 48.5 Å². The maximum atomic E-state index is 13.2. The van der Waals surface area contributed by atoms with Crippen LogP contribution in [-0.2, 0) is 0 Å². The molecule has 3 heteroatoms. The van der Waals surface area contributed by atoms with Crippen molar-refractivity contribution in [2.45, 2.75) is 37.8 Å². The Morgan fingerprint density at radius 2 is 1.90 bits per heavy atom. The van der Waals surface area contributed by atoms with E-state index in [1.807, 2.05) is 24.3 Å². The average molecular weight is 304 g/mol. The Bertz CT molecular complexity index is 622. The SMILES string of the molecule is C[C@@H](NC1CC(c2cccc(F)c2)C1)c1ccccc1Cl. The molecule has 3 rings (SSSR count). The topological polar surface area (TPSA) is 12.0 Å². The molecular formula is C18H19ClFN. The summed E-state index contributed by atoms with van der Waals surface area (Å²) in [7, 11) is 0. The second-order valence-corrected chi connectivity index (χ2v) is 6.24. The Morgan fingerprint density at radius 1 is 1.14 bits per heavy atom. The minimum Gasteiger partial charge on any atom is -0.307 e. The van der Waals surface area contributed by atoms with Crippen molar-refractivity contribution in [2.75, 3.05) is 0 Å². The first-order valence-corrected chi connectivity index (χ1v) is 7.77. The molecule has 1 atom stereocenters. The highest BCUT2D eigenvalue weighted by Crippen LogP contribution is 2.38. The number of benzene rings is 2. The summed E-state index contributed by atoms with van der Waals surface area (Å²) in [4.78, 5) is 0. The molecule has 1 aliphatic carbocycles. The normalized spacial score (nSPS) is 22.6. The van der Waals surface area contributed by atoms with Crippen LogP contribution in [0.25, 0.3) is 0 Å². The number of nitrogens with one attached hydrogen (secondary N) is 1. The second-order valence-electron chi connectivity index (χ2n) is 5.83. The van der Waals surface area contributed by atoms with Crippen LogP contribution in [0.3, 0.4) is 0 Å². The molecule has 0 unspecified atom stereocenters. The number of hydrogen-bond acceptors (Lipinski definition) is 1. The average Bonchev–Trinajstić information content (AvgIpc) is 2.42. The van der Waals surface area contributed by atoms with Crippen LogP contribution in [0.5, 0.6) is 0 Å². The molecule has 0 radical (unpaired) electrons. The molecular weight excluding hydrogens is 285 g/mol. The molecule has 1 aliphatic rings. The van der Waals surface area contributed by atoms with Gasteiger partial charge in [-0.1, -0.05) is 41.9 Å². The van der Waals surface area contributed by atoms with Crippen molar-refractivity contribution in [2.24, 2.45) is 0 Å². The quantitative estimate of drug-likeness (QED) is 0.831. The van der Waals surface area contributed by atoms with Gasteiger partial charge < -0.3 is 5.32 Å². The van der Waals surface area contributed by atoms with Gasteiger partial charge in [-0.15, -0.1) is 0 Å². The number of halogens is 2. The number of hydrogen-bond donors (Lipinski definition) is 1. The molecule has 0 bridgehead atoms. The Kier molecular flexibility index (Phi) is 4.27. The lowest BCUT2D eigenvalue weighted by molar-refractivity contribution is 0.270. The highest BCUT2D eigenvalue weighted by molar-refractivity contribution is 6.31. The van der Waals surface area contributed by atoms with Gasteiger partial charge in [0, 0.05) is 17.1 Å². The van der Waals surface area contributed by atoms with Gasteiger partial charge in [0.2, 0.25) is 0 Å². The molecule has 1 N–H and O–H groups in total. The van der Waals surface area contributed by atoms with Gasteiger partial charge in [0.25, 0.3) is 0 Å². The third kappa shape index (κ3) is 3.28. The zero-order chi connectivity index (χ0) is 14.8. The van der Waals surface area contributed by atoms with Gasteiger partial charge in [0.15, 0.2) is 0 Å². The summed E-state index contributed by atoms with van der Waals surface area (Å²) in [5, 5.41) is 4.41. The molecule has 0 heterocycles. The van der Waals surface area contributed by atoms with Gasteiger partial charge >= 0.3 is 0 Å². The maximum absolute atomic E-state index is 13.2. The van der Waals surface area contributed by atoms with Gasteiger partial charge in [0.1, 0.15) is 5.82 Å². The molecule has 0 aliphatic heterocycles. The van der Waals surface area contributed by atoms with Crippen molar-refractivity contribution >= 4 is 11.6 Å². The monoisotopic (exact) mass is 303 g/mol. The lowest BCUT2D eigenvalue weighted by atomic mass is 9.75. The summed E-state index contributed by atoms with van der Waals surface area (Å²) >= 11 is 6.22. The standard InChI is InChI=1S/C18H19ClFN/c1-12(17-7-2-3-8-18(17)19)21-16-10-14(11-16)13-5-4-6-15(20)9-13/h2-9,12,14,16,21H,10-11H2,1H3/t12-,14?,16?/m1/s1. The van der Waals surface area contributed by atoms with Crippen molar-refractivity contribution in [3.63, 3.8) is 0 Å². The summed E-state index contributed by atoms with van der Waals surface area (Å²) in [6.45, 7) is 2.14. The maximum Gasteiger partial charge on any atom is 0.123 e. The fraction of sp³-hybridized carbons (Fsp3) is 0.333. The minimum atomic E-state index is -0.145. The summed E-state index contributed by atoms with van der Waals surface area (Å²) in [5.74, 6) is 0.324. The smallest absolute Gasteiger partial charge is 0.123 e. The van der Waals surface area contributed by atoms with E-state index in [2.05, 4.69) is 18.3 Å². The van der Waals surface area contributed by atoms with Crippen LogP contribution < -0.4 is 5.32 Å². The predicted octanol–water partition coefficient (Wildman–Crippen LogP) is 5.08. The Labute approximate surface area is 130 Å². The van der Waals surface area contributed by atoms with E-state index in [4.69, 9.17) is 11.6 Å². The van der Waals surface area contributed by atoms with Crippen molar-refractivity contribution in [3.8, 4) is 0 Å². The number of rotatable bonds is 4. The van der Waals surface area contributed by atoms with Crippen molar-refractivity contribution in [1.82, 2.24) is 5.32 Å². The van der Waals surface area contributed by atoms with E-state index in [9.17, 15) is 4.39 Å². The van der Waals surface area contributed by atoms with Crippen LogP contribution in [-0.4, -0.2) is 6.04 Å². The van der Waals surface area contributed by atoms with E-state index >= 15 is 0 Å². The van der Waals surface area contributed by atoms with E-state index in [-0.39, 0.29) is 11.9 Å². The van der Waals surface area contributed by atoms with Gasteiger partial charge in [-0.2, -0.15) is 0 Å². The third-order valence-corrected chi connectivity index (χ3v) is 4.66. The zero-order valence-corrected chi connectivity index (χ0v) is 12.8. The van der Waals surface area contributed by atoms with Gasteiger partial charge in [-0.05, 0) is 55.0 Å². The van der Waals surface area contributed by atoms with E-state index < -0.39 is 0 Å². The second kappa shape index (κ2) is 6.17. The molecule has 1 nitrogen and oxygen atoms in total. The molecule has 0 amide bonds. The molecule has 0 spiro atoms. The largest absolute Gasteiger partial charge is 0.307 e. The van der Waals surface area contributed by atoms with Crippen molar-refractivity contribution < 1.29 is 4.39 Å². The molecule has 0 aromatic heterocycles. The summed E-state index contributed by atoms with van der Waals surface area (Å²) < 4.78 is 13.2.